The molecule has 5 nitrogen and oxygen atoms in total. The van der Waals surface area contributed by atoms with Gasteiger partial charge in [0.05, 0.1) is 18.2 Å². The molecule has 0 spiro atoms. The first-order chi connectivity index (χ1) is 17.6. The van der Waals surface area contributed by atoms with E-state index in [1.807, 2.05) is 60.7 Å². The average Bonchev–Trinajstić information content (AvgIpc) is 2.93. The number of nitrogens with two attached hydrogens (primary N) is 1. The Bertz CT molecular complexity index is 1290. The summed E-state index contributed by atoms with van der Waals surface area (Å²) in [5, 5.41) is 2.43. The number of nitrogens with zero attached hydrogens (tertiary/aromatic N) is 1. The molecule has 1 fully saturated rings. The maximum absolute atomic E-state index is 6.66. The van der Waals surface area contributed by atoms with Crippen LogP contribution in [0.5, 0.6) is 17.4 Å². The highest BCUT2D eigenvalue weighted by Gasteiger charge is 2.28. The van der Waals surface area contributed by atoms with Gasteiger partial charge in [0.25, 0.3) is 0 Å². The number of hydrogen-bond acceptors (Lipinski definition) is 5. The Morgan fingerprint density at radius 1 is 0.972 bits per heavy atom. The van der Waals surface area contributed by atoms with Crippen molar-refractivity contribution in [3.05, 3.63) is 95.1 Å². The topological polar surface area (TPSA) is 66.6 Å². The van der Waals surface area contributed by atoms with Crippen molar-refractivity contribution in [2.45, 2.75) is 44.4 Å². The monoisotopic (exact) mass is 502 g/mol. The summed E-state index contributed by atoms with van der Waals surface area (Å²) >= 11 is 6.66. The van der Waals surface area contributed by atoms with Gasteiger partial charge in [0.2, 0.25) is 5.88 Å². The molecule has 1 aliphatic rings. The minimum Gasteiger partial charge on any atom is -0.497 e. The van der Waals surface area contributed by atoms with E-state index in [2.05, 4.69) is 17.1 Å². The van der Waals surface area contributed by atoms with Crippen molar-refractivity contribution in [2.75, 3.05) is 7.11 Å². The molecule has 4 aromatic rings. The number of fused-ring (bicyclic) bond motifs is 1. The number of benzene rings is 3. The SMILES string of the molecule is COc1ccc(C(N)C2CCC(Oc3cc4ccnc(OCc5ccccc5)c4cc3Cl)CC2)cc1. The van der Waals surface area contributed by atoms with E-state index in [-0.39, 0.29) is 12.1 Å². The van der Waals surface area contributed by atoms with Crippen LogP contribution in [0.3, 0.4) is 0 Å². The number of methoxy groups -OCH3 is 1. The summed E-state index contributed by atoms with van der Waals surface area (Å²) in [5.41, 5.74) is 8.84. The largest absolute Gasteiger partial charge is 0.497 e. The Balaban J connectivity index is 1.22. The summed E-state index contributed by atoms with van der Waals surface area (Å²) in [6.45, 7) is 0.449. The molecule has 1 saturated carbocycles. The third-order valence-corrected chi connectivity index (χ3v) is 7.32. The van der Waals surface area contributed by atoms with Crippen molar-refractivity contribution in [3.8, 4) is 17.4 Å². The fraction of sp³-hybridized carbons (Fsp3) is 0.300. The Hall–Kier alpha value is -3.28. The second-order valence-electron chi connectivity index (χ2n) is 9.35. The predicted octanol–water partition coefficient (Wildman–Crippen LogP) is 7.11. The summed E-state index contributed by atoms with van der Waals surface area (Å²) < 4.78 is 17.6. The van der Waals surface area contributed by atoms with Crippen molar-refractivity contribution < 1.29 is 14.2 Å². The van der Waals surface area contributed by atoms with E-state index >= 15 is 0 Å². The van der Waals surface area contributed by atoms with E-state index in [0.717, 1.165) is 53.3 Å². The van der Waals surface area contributed by atoms with Crippen LogP contribution in [0, 0.1) is 5.92 Å². The molecule has 6 heteroatoms. The first-order valence-corrected chi connectivity index (χ1v) is 12.8. The zero-order valence-corrected chi connectivity index (χ0v) is 21.2. The fourth-order valence-corrected chi connectivity index (χ4v) is 5.13. The van der Waals surface area contributed by atoms with Crippen LogP contribution in [0.25, 0.3) is 10.8 Å². The van der Waals surface area contributed by atoms with Crippen molar-refractivity contribution in [1.29, 1.82) is 0 Å². The molecule has 186 valence electrons. The van der Waals surface area contributed by atoms with Gasteiger partial charge in [-0.2, -0.15) is 0 Å². The summed E-state index contributed by atoms with van der Waals surface area (Å²) in [4.78, 5) is 4.43. The number of pyridine rings is 1. The molecule has 36 heavy (non-hydrogen) atoms. The van der Waals surface area contributed by atoms with Crippen molar-refractivity contribution in [1.82, 2.24) is 4.98 Å². The summed E-state index contributed by atoms with van der Waals surface area (Å²) in [6.07, 6.45) is 5.81. The van der Waals surface area contributed by atoms with E-state index in [1.54, 1.807) is 13.3 Å². The normalized spacial score (nSPS) is 18.5. The molecular formula is C30H31ClN2O3. The van der Waals surface area contributed by atoms with Gasteiger partial charge in [0, 0.05) is 17.6 Å². The second kappa shape index (κ2) is 11.2. The van der Waals surface area contributed by atoms with Crippen LogP contribution in [0.2, 0.25) is 5.02 Å². The van der Waals surface area contributed by atoms with Gasteiger partial charge in [0.15, 0.2) is 0 Å². The van der Waals surface area contributed by atoms with E-state index in [4.69, 9.17) is 31.5 Å². The lowest BCUT2D eigenvalue weighted by Gasteiger charge is -2.32. The molecule has 5 rings (SSSR count). The molecule has 0 saturated heterocycles. The highest BCUT2D eigenvalue weighted by Crippen LogP contribution is 2.38. The zero-order valence-electron chi connectivity index (χ0n) is 20.4. The molecule has 1 aromatic heterocycles. The molecule has 1 heterocycles. The number of rotatable bonds is 8. The zero-order chi connectivity index (χ0) is 24.9. The van der Waals surface area contributed by atoms with Crippen LogP contribution in [0.1, 0.15) is 42.9 Å². The lowest BCUT2D eigenvalue weighted by Crippen LogP contribution is -2.30. The van der Waals surface area contributed by atoms with Crippen LogP contribution in [0.4, 0.5) is 0 Å². The number of hydrogen-bond donors (Lipinski definition) is 1. The van der Waals surface area contributed by atoms with Crippen molar-refractivity contribution in [3.63, 3.8) is 0 Å². The summed E-state index contributed by atoms with van der Waals surface area (Å²) in [7, 11) is 1.67. The van der Waals surface area contributed by atoms with Gasteiger partial charge in [-0.25, -0.2) is 4.98 Å². The second-order valence-corrected chi connectivity index (χ2v) is 9.75. The minimum atomic E-state index is 0.0166. The number of halogens is 1. The minimum absolute atomic E-state index is 0.0166. The third kappa shape index (κ3) is 5.58. The molecule has 0 bridgehead atoms. The van der Waals surface area contributed by atoms with Gasteiger partial charge in [-0.15, -0.1) is 0 Å². The van der Waals surface area contributed by atoms with Crippen LogP contribution >= 0.6 is 11.6 Å². The first-order valence-electron chi connectivity index (χ1n) is 12.4. The standard InChI is InChI=1S/C30H31ClN2O3/c1-34-24-11-7-21(8-12-24)29(32)22-9-13-25(14-10-22)36-28-17-23-15-16-33-30(26(23)18-27(28)31)35-19-20-5-3-2-4-6-20/h2-8,11-12,15-18,22,25,29H,9-10,13-14,19,32H2,1H3. The molecule has 3 aromatic carbocycles. The van der Waals surface area contributed by atoms with Gasteiger partial charge in [-0.1, -0.05) is 54.1 Å². The molecular weight excluding hydrogens is 472 g/mol. The van der Waals surface area contributed by atoms with Crippen molar-refractivity contribution in [2.24, 2.45) is 11.7 Å². The van der Waals surface area contributed by atoms with E-state index in [1.165, 1.54) is 0 Å². The van der Waals surface area contributed by atoms with Crippen LogP contribution < -0.4 is 19.9 Å². The van der Waals surface area contributed by atoms with Crippen LogP contribution in [-0.2, 0) is 6.61 Å². The first kappa shape index (κ1) is 24.4. The lowest BCUT2D eigenvalue weighted by molar-refractivity contribution is 0.123. The van der Waals surface area contributed by atoms with Gasteiger partial charge >= 0.3 is 0 Å². The average molecular weight is 503 g/mol. The molecule has 1 atom stereocenters. The van der Waals surface area contributed by atoms with Crippen LogP contribution in [-0.4, -0.2) is 18.2 Å². The highest BCUT2D eigenvalue weighted by atomic mass is 35.5. The fourth-order valence-electron chi connectivity index (χ4n) is 4.92. The highest BCUT2D eigenvalue weighted by molar-refractivity contribution is 6.33. The number of ether oxygens (including phenoxy) is 3. The maximum Gasteiger partial charge on any atom is 0.221 e. The van der Waals surface area contributed by atoms with E-state index in [0.29, 0.717) is 29.2 Å². The molecule has 1 unspecified atom stereocenters. The Morgan fingerprint density at radius 3 is 2.44 bits per heavy atom. The van der Waals surface area contributed by atoms with Gasteiger partial charge in [-0.3, -0.25) is 0 Å². The van der Waals surface area contributed by atoms with Gasteiger partial charge < -0.3 is 19.9 Å². The Kier molecular flexibility index (Phi) is 7.59. The molecule has 0 amide bonds. The molecule has 1 aliphatic carbocycles. The maximum atomic E-state index is 6.66. The predicted molar refractivity (Wildman–Crippen MR) is 144 cm³/mol. The Morgan fingerprint density at radius 2 is 1.72 bits per heavy atom. The molecule has 0 radical (unpaired) electrons. The third-order valence-electron chi connectivity index (χ3n) is 7.02. The summed E-state index contributed by atoms with van der Waals surface area (Å²) in [5.74, 6) is 2.55. The smallest absolute Gasteiger partial charge is 0.221 e. The van der Waals surface area contributed by atoms with E-state index in [9.17, 15) is 0 Å². The van der Waals surface area contributed by atoms with Crippen molar-refractivity contribution >= 4 is 22.4 Å². The Labute approximate surface area is 217 Å². The van der Waals surface area contributed by atoms with Gasteiger partial charge in [-0.05, 0) is 78.4 Å². The number of aromatic nitrogens is 1. The lowest BCUT2D eigenvalue weighted by atomic mass is 9.80. The molecule has 2 N–H and O–H groups in total. The van der Waals surface area contributed by atoms with Gasteiger partial charge in [0.1, 0.15) is 18.1 Å². The summed E-state index contributed by atoms with van der Waals surface area (Å²) in [6, 6.07) is 24.0. The van der Waals surface area contributed by atoms with E-state index < -0.39 is 0 Å². The molecule has 0 aliphatic heterocycles. The quantitative estimate of drug-likeness (QED) is 0.278. The van der Waals surface area contributed by atoms with Crippen LogP contribution in [0.15, 0.2) is 79.0 Å².